The van der Waals surface area contributed by atoms with E-state index < -0.39 is 0 Å². The molecule has 2 aromatic rings. The van der Waals surface area contributed by atoms with Crippen molar-refractivity contribution in [3.05, 3.63) is 41.2 Å². The molecule has 0 atom stereocenters. The van der Waals surface area contributed by atoms with Crippen LogP contribution in [0.3, 0.4) is 0 Å². The molecule has 0 radical (unpaired) electrons. The molecule has 3 nitrogen and oxygen atoms in total. The second kappa shape index (κ2) is 6.02. The molecule has 0 fully saturated rings. The topological polar surface area (TPSA) is 29.9 Å². The zero-order valence-corrected chi connectivity index (χ0v) is 12.3. The third-order valence-electron chi connectivity index (χ3n) is 3.56. The van der Waals surface area contributed by atoms with E-state index in [1.54, 1.807) is 0 Å². The lowest BCUT2D eigenvalue weighted by Crippen LogP contribution is -2.11. The zero-order chi connectivity index (χ0) is 13.8. The Hall–Kier alpha value is -1.61. The van der Waals surface area contributed by atoms with Crippen molar-refractivity contribution < 1.29 is 0 Å². The van der Waals surface area contributed by atoms with Crippen molar-refractivity contribution in [3.63, 3.8) is 0 Å². The molecule has 0 aliphatic rings. The number of rotatable bonds is 5. The van der Waals surface area contributed by atoms with Gasteiger partial charge >= 0.3 is 0 Å². The van der Waals surface area contributed by atoms with Gasteiger partial charge in [-0.1, -0.05) is 25.1 Å². The highest BCUT2D eigenvalue weighted by molar-refractivity contribution is 5.69. The second-order valence-corrected chi connectivity index (χ2v) is 4.89. The summed E-state index contributed by atoms with van der Waals surface area (Å²) in [6.07, 6.45) is 1.98. The predicted octanol–water partition coefficient (Wildman–Crippen LogP) is 3.30. The SMILES string of the molecule is CCNCc1ccc(-c2cnn(CC)c2C)c(C)c1. The van der Waals surface area contributed by atoms with Gasteiger partial charge < -0.3 is 5.32 Å². The quantitative estimate of drug-likeness (QED) is 0.890. The van der Waals surface area contributed by atoms with Gasteiger partial charge in [0.05, 0.1) is 6.20 Å². The van der Waals surface area contributed by atoms with Crippen LogP contribution in [0.2, 0.25) is 0 Å². The Labute approximate surface area is 115 Å². The molecule has 0 aliphatic carbocycles. The molecule has 0 bridgehead atoms. The molecule has 0 unspecified atom stereocenters. The van der Waals surface area contributed by atoms with Crippen molar-refractivity contribution in [2.75, 3.05) is 6.54 Å². The number of benzene rings is 1. The lowest BCUT2D eigenvalue weighted by molar-refractivity contribution is 0.640. The minimum atomic E-state index is 0.920. The van der Waals surface area contributed by atoms with E-state index in [4.69, 9.17) is 0 Å². The van der Waals surface area contributed by atoms with Gasteiger partial charge in [0.15, 0.2) is 0 Å². The average molecular weight is 257 g/mol. The van der Waals surface area contributed by atoms with Crippen LogP contribution in [0.1, 0.15) is 30.7 Å². The Morgan fingerprint density at radius 1 is 1.16 bits per heavy atom. The van der Waals surface area contributed by atoms with Gasteiger partial charge in [-0.25, -0.2) is 0 Å². The van der Waals surface area contributed by atoms with Crippen molar-refractivity contribution >= 4 is 0 Å². The fourth-order valence-electron chi connectivity index (χ4n) is 2.44. The van der Waals surface area contributed by atoms with Crippen LogP contribution in [-0.4, -0.2) is 16.3 Å². The van der Waals surface area contributed by atoms with Crippen LogP contribution in [0, 0.1) is 13.8 Å². The monoisotopic (exact) mass is 257 g/mol. The van der Waals surface area contributed by atoms with Crippen molar-refractivity contribution in [2.45, 2.75) is 40.8 Å². The minimum Gasteiger partial charge on any atom is -0.313 e. The van der Waals surface area contributed by atoms with Crippen molar-refractivity contribution in [1.29, 1.82) is 0 Å². The van der Waals surface area contributed by atoms with Gasteiger partial charge in [-0.3, -0.25) is 4.68 Å². The molecule has 1 aromatic carbocycles. The number of aromatic nitrogens is 2. The molecular weight excluding hydrogens is 234 g/mol. The summed E-state index contributed by atoms with van der Waals surface area (Å²) in [4.78, 5) is 0. The fourth-order valence-corrected chi connectivity index (χ4v) is 2.44. The van der Waals surface area contributed by atoms with Crippen LogP contribution in [0.4, 0.5) is 0 Å². The highest BCUT2D eigenvalue weighted by Gasteiger charge is 2.10. The molecule has 3 heteroatoms. The number of nitrogens with one attached hydrogen (secondary N) is 1. The van der Waals surface area contributed by atoms with Crippen LogP contribution in [0.15, 0.2) is 24.4 Å². The first-order valence-corrected chi connectivity index (χ1v) is 7.00. The summed E-state index contributed by atoms with van der Waals surface area (Å²) in [6, 6.07) is 6.68. The smallest absolute Gasteiger partial charge is 0.0571 e. The van der Waals surface area contributed by atoms with Crippen LogP contribution in [-0.2, 0) is 13.1 Å². The van der Waals surface area contributed by atoms with E-state index in [9.17, 15) is 0 Å². The first-order valence-electron chi connectivity index (χ1n) is 7.00. The van der Waals surface area contributed by atoms with E-state index in [1.807, 2.05) is 10.9 Å². The van der Waals surface area contributed by atoms with E-state index in [0.29, 0.717) is 0 Å². The summed E-state index contributed by atoms with van der Waals surface area (Å²) in [5, 5.41) is 7.79. The van der Waals surface area contributed by atoms with Crippen LogP contribution in [0.25, 0.3) is 11.1 Å². The first-order chi connectivity index (χ1) is 9.17. The fraction of sp³-hybridized carbons (Fsp3) is 0.438. The third-order valence-corrected chi connectivity index (χ3v) is 3.56. The normalized spacial score (nSPS) is 10.9. The third kappa shape index (κ3) is 2.87. The standard InChI is InChI=1S/C16H23N3/c1-5-17-10-14-7-8-15(12(3)9-14)16-11-18-19(6-2)13(16)4/h7-9,11,17H,5-6,10H2,1-4H3. The Balaban J connectivity index is 2.32. The van der Waals surface area contributed by atoms with E-state index in [2.05, 4.69) is 56.3 Å². The number of nitrogens with zero attached hydrogens (tertiary/aromatic N) is 2. The van der Waals surface area contributed by atoms with Crippen molar-refractivity contribution in [3.8, 4) is 11.1 Å². The Kier molecular flexibility index (Phi) is 4.38. The molecule has 102 valence electrons. The number of hydrogen-bond donors (Lipinski definition) is 1. The predicted molar refractivity (Wildman–Crippen MR) is 80.2 cm³/mol. The lowest BCUT2D eigenvalue weighted by atomic mass is 9.99. The highest BCUT2D eigenvalue weighted by Crippen LogP contribution is 2.27. The largest absolute Gasteiger partial charge is 0.313 e. The number of aryl methyl sites for hydroxylation is 2. The van der Waals surface area contributed by atoms with Crippen LogP contribution < -0.4 is 5.32 Å². The molecule has 2 rings (SSSR count). The van der Waals surface area contributed by atoms with E-state index >= 15 is 0 Å². The highest BCUT2D eigenvalue weighted by atomic mass is 15.3. The molecule has 0 aliphatic heterocycles. The van der Waals surface area contributed by atoms with Gasteiger partial charge in [0.25, 0.3) is 0 Å². The van der Waals surface area contributed by atoms with Crippen molar-refractivity contribution in [2.24, 2.45) is 0 Å². The van der Waals surface area contributed by atoms with E-state index in [1.165, 1.54) is 27.9 Å². The maximum atomic E-state index is 4.43. The van der Waals surface area contributed by atoms with Crippen LogP contribution in [0.5, 0.6) is 0 Å². The molecular formula is C16H23N3. The summed E-state index contributed by atoms with van der Waals surface area (Å²) in [6.45, 7) is 11.4. The molecule has 1 heterocycles. The van der Waals surface area contributed by atoms with Gasteiger partial charge in [-0.2, -0.15) is 5.10 Å². The summed E-state index contributed by atoms with van der Waals surface area (Å²) in [7, 11) is 0. The van der Waals surface area contributed by atoms with E-state index in [0.717, 1.165) is 19.6 Å². The minimum absolute atomic E-state index is 0.920. The first kappa shape index (κ1) is 13.8. The lowest BCUT2D eigenvalue weighted by Gasteiger charge is -2.09. The molecule has 0 amide bonds. The van der Waals surface area contributed by atoms with Gasteiger partial charge in [-0.15, -0.1) is 0 Å². The van der Waals surface area contributed by atoms with Gasteiger partial charge in [-0.05, 0) is 44.0 Å². The van der Waals surface area contributed by atoms with Gasteiger partial charge in [0.1, 0.15) is 0 Å². The number of hydrogen-bond acceptors (Lipinski definition) is 2. The van der Waals surface area contributed by atoms with E-state index in [-0.39, 0.29) is 0 Å². The van der Waals surface area contributed by atoms with Crippen molar-refractivity contribution in [1.82, 2.24) is 15.1 Å². The maximum absolute atomic E-state index is 4.43. The summed E-state index contributed by atoms with van der Waals surface area (Å²) >= 11 is 0. The molecule has 1 N–H and O–H groups in total. The Bertz CT molecular complexity index is 555. The average Bonchev–Trinajstić information content (AvgIpc) is 2.77. The summed E-state index contributed by atoms with van der Waals surface area (Å²) in [5.41, 5.74) is 6.43. The zero-order valence-electron chi connectivity index (χ0n) is 12.3. The molecule has 19 heavy (non-hydrogen) atoms. The maximum Gasteiger partial charge on any atom is 0.0571 e. The van der Waals surface area contributed by atoms with Crippen LogP contribution >= 0.6 is 0 Å². The molecule has 0 saturated heterocycles. The molecule has 0 saturated carbocycles. The van der Waals surface area contributed by atoms with Gasteiger partial charge in [0.2, 0.25) is 0 Å². The Morgan fingerprint density at radius 3 is 2.53 bits per heavy atom. The molecule has 1 aromatic heterocycles. The van der Waals surface area contributed by atoms with Gasteiger partial charge in [0, 0.05) is 24.3 Å². The summed E-state index contributed by atoms with van der Waals surface area (Å²) < 4.78 is 2.04. The summed E-state index contributed by atoms with van der Waals surface area (Å²) in [5.74, 6) is 0. The second-order valence-electron chi connectivity index (χ2n) is 4.89. The Morgan fingerprint density at radius 2 is 1.95 bits per heavy atom. The molecule has 0 spiro atoms.